The summed E-state index contributed by atoms with van der Waals surface area (Å²) in [7, 11) is 2.12. The first-order chi connectivity index (χ1) is 9.24. The molecule has 0 aliphatic carbocycles. The van der Waals surface area contributed by atoms with E-state index in [4.69, 9.17) is 4.98 Å². The summed E-state index contributed by atoms with van der Waals surface area (Å²) in [6.45, 7) is 7.18. The minimum atomic E-state index is 0.931. The lowest BCUT2D eigenvalue weighted by atomic mass is 10.3. The number of hydrogen-bond acceptors (Lipinski definition) is 5. The lowest BCUT2D eigenvalue weighted by Crippen LogP contribution is -2.15. The third-order valence-electron chi connectivity index (χ3n) is 2.96. The fourth-order valence-corrected chi connectivity index (χ4v) is 3.65. The number of aryl methyl sites for hydroxylation is 1. The van der Waals surface area contributed by atoms with Crippen LogP contribution in [0.3, 0.4) is 0 Å². The Bertz CT molecular complexity index is 491. The van der Waals surface area contributed by atoms with Gasteiger partial charge in [-0.15, -0.1) is 11.3 Å². The van der Waals surface area contributed by atoms with Crippen LogP contribution in [0, 0.1) is 0 Å². The summed E-state index contributed by atoms with van der Waals surface area (Å²) in [5.74, 6) is 0. The zero-order valence-corrected chi connectivity index (χ0v) is 13.4. The molecule has 0 fully saturated rings. The highest BCUT2D eigenvalue weighted by Gasteiger charge is 2.12. The van der Waals surface area contributed by atoms with E-state index in [9.17, 15) is 0 Å². The monoisotopic (exact) mass is 295 g/mol. The van der Waals surface area contributed by atoms with E-state index in [0.29, 0.717) is 0 Å². The van der Waals surface area contributed by atoms with Crippen LogP contribution in [0.1, 0.15) is 30.0 Å². The Hall–Kier alpha value is -0.910. The maximum Gasteiger partial charge on any atom is 0.185 e. The van der Waals surface area contributed by atoms with Crippen LogP contribution in [-0.2, 0) is 19.5 Å². The predicted molar refractivity (Wildman–Crippen MR) is 85.3 cm³/mol. The molecule has 0 aliphatic rings. The van der Waals surface area contributed by atoms with E-state index in [1.165, 1.54) is 16.1 Å². The normalized spacial score (nSPS) is 10.9. The van der Waals surface area contributed by atoms with Gasteiger partial charge in [0.25, 0.3) is 0 Å². The number of rotatable bonds is 7. The molecule has 104 valence electrons. The molecule has 0 amide bonds. The van der Waals surface area contributed by atoms with Crippen LogP contribution >= 0.6 is 22.7 Å². The highest BCUT2D eigenvalue weighted by Crippen LogP contribution is 2.27. The summed E-state index contributed by atoms with van der Waals surface area (Å²) >= 11 is 3.56. The van der Waals surface area contributed by atoms with Crippen LogP contribution in [0.5, 0.6) is 0 Å². The average Bonchev–Trinajstić information content (AvgIpc) is 3.04. The van der Waals surface area contributed by atoms with E-state index in [-0.39, 0.29) is 0 Å². The molecule has 2 rings (SSSR count). The number of nitrogens with one attached hydrogen (secondary N) is 1. The van der Waals surface area contributed by atoms with Crippen molar-refractivity contribution in [1.82, 2.24) is 10.3 Å². The molecule has 3 nitrogen and oxygen atoms in total. The zero-order valence-electron chi connectivity index (χ0n) is 11.8. The molecule has 0 saturated heterocycles. The molecule has 5 heteroatoms. The first kappa shape index (κ1) is 14.5. The molecule has 0 saturated carbocycles. The second-order valence-electron chi connectivity index (χ2n) is 4.49. The maximum atomic E-state index is 4.77. The van der Waals surface area contributed by atoms with Gasteiger partial charge in [0, 0.05) is 25.0 Å². The molecule has 0 atom stereocenters. The summed E-state index contributed by atoms with van der Waals surface area (Å²) in [6, 6.07) is 2.18. The van der Waals surface area contributed by atoms with Crippen molar-refractivity contribution in [3.63, 3.8) is 0 Å². The van der Waals surface area contributed by atoms with Gasteiger partial charge in [0.2, 0.25) is 0 Å². The molecule has 0 radical (unpaired) electrons. The van der Waals surface area contributed by atoms with Crippen molar-refractivity contribution in [1.29, 1.82) is 0 Å². The molecule has 0 aromatic carbocycles. The topological polar surface area (TPSA) is 28.2 Å². The van der Waals surface area contributed by atoms with Gasteiger partial charge in [-0.05, 0) is 35.4 Å². The van der Waals surface area contributed by atoms with Gasteiger partial charge in [0.05, 0.1) is 5.69 Å². The van der Waals surface area contributed by atoms with Crippen molar-refractivity contribution in [3.05, 3.63) is 33.0 Å². The van der Waals surface area contributed by atoms with Crippen molar-refractivity contribution in [2.24, 2.45) is 0 Å². The molecule has 1 N–H and O–H groups in total. The van der Waals surface area contributed by atoms with E-state index >= 15 is 0 Å². The van der Waals surface area contributed by atoms with Crippen LogP contribution in [0.15, 0.2) is 16.8 Å². The minimum Gasteiger partial charge on any atom is -0.347 e. The van der Waals surface area contributed by atoms with Crippen molar-refractivity contribution in [2.45, 2.75) is 33.4 Å². The van der Waals surface area contributed by atoms with Gasteiger partial charge < -0.3 is 10.2 Å². The lowest BCUT2D eigenvalue weighted by Gasteiger charge is -2.14. The first-order valence-corrected chi connectivity index (χ1v) is 8.42. The molecule has 2 heterocycles. The average molecular weight is 295 g/mol. The van der Waals surface area contributed by atoms with Crippen molar-refractivity contribution in [2.75, 3.05) is 18.5 Å². The Kier molecular flexibility index (Phi) is 5.36. The van der Waals surface area contributed by atoms with Gasteiger partial charge in [0.1, 0.15) is 0 Å². The molecule has 0 aliphatic heterocycles. The van der Waals surface area contributed by atoms with Gasteiger partial charge in [-0.3, -0.25) is 0 Å². The van der Waals surface area contributed by atoms with Crippen molar-refractivity contribution >= 4 is 27.8 Å². The van der Waals surface area contributed by atoms with Gasteiger partial charge in [-0.2, -0.15) is 11.3 Å². The number of hydrogen-bond donors (Lipinski definition) is 1. The number of aromatic nitrogens is 1. The van der Waals surface area contributed by atoms with E-state index in [1.54, 1.807) is 11.3 Å². The van der Waals surface area contributed by atoms with E-state index in [1.807, 2.05) is 11.3 Å². The summed E-state index contributed by atoms with van der Waals surface area (Å²) < 4.78 is 0. The second kappa shape index (κ2) is 7.03. The Morgan fingerprint density at radius 1 is 1.37 bits per heavy atom. The number of anilines is 1. The minimum absolute atomic E-state index is 0.931. The quantitative estimate of drug-likeness (QED) is 0.847. The molecule has 2 aromatic heterocycles. The smallest absolute Gasteiger partial charge is 0.185 e. The fraction of sp³-hybridized carbons (Fsp3) is 0.500. The van der Waals surface area contributed by atoms with Crippen molar-refractivity contribution < 1.29 is 0 Å². The second-order valence-corrected chi connectivity index (χ2v) is 6.33. The third kappa shape index (κ3) is 3.78. The highest BCUT2D eigenvalue weighted by atomic mass is 32.1. The van der Waals surface area contributed by atoms with E-state index in [0.717, 1.165) is 31.2 Å². The number of thiazole rings is 1. The lowest BCUT2D eigenvalue weighted by molar-refractivity contribution is 0.727. The van der Waals surface area contributed by atoms with Crippen LogP contribution in [0.25, 0.3) is 0 Å². The number of thiophene rings is 1. The Morgan fingerprint density at radius 3 is 2.84 bits per heavy atom. The predicted octanol–water partition coefficient (Wildman–Crippen LogP) is 3.51. The summed E-state index contributed by atoms with van der Waals surface area (Å²) in [5, 5.41) is 8.83. The molecule has 0 spiro atoms. The summed E-state index contributed by atoms with van der Waals surface area (Å²) in [5.41, 5.74) is 2.59. The molecular weight excluding hydrogens is 274 g/mol. The SMILES string of the molecule is CCNCc1sc(N(C)Cc2ccsc2)nc1CC. The standard InChI is InChI=1S/C14H21N3S2/c1-4-12-13(8-15-5-2)19-14(16-12)17(3)9-11-6-7-18-10-11/h6-7,10,15H,4-5,8-9H2,1-3H3. The van der Waals surface area contributed by atoms with Gasteiger partial charge in [-0.1, -0.05) is 13.8 Å². The van der Waals surface area contributed by atoms with E-state index in [2.05, 4.69) is 47.9 Å². The van der Waals surface area contributed by atoms with Gasteiger partial charge in [0.15, 0.2) is 5.13 Å². The van der Waals surface area contributed by atoms with Crippen LogP contribution in [0.2, 0.25) is 0 Å². The fourth-order valence-electron chi connectivity index (χ4n) is 1.91. The summed E-state index contributed by atoms with van der Waals surface area (Å²) in [6.07, 6.45) is 1.00. The van der Waals surface area contributed by atoms with Crippen molar-refractivity contribution in [3.8, 4) is 0 Å². The Labute approximate surface area is 123 Å². The van der Waals surface area contributed by atoms with Crippen LogP contribution in [-0.4, -0.2) is 18.6 Å². The molecular formula is C14H21N3S2. The third-order valence-corrected chi connectivity index (χ3v) is 4.91. The summed E-state index contributed by atoms with van der Waals surface area (Å²) in [4.78, 5) is 8.38. The Morgan fingerprint density at radius 2 is 2.21 bits per heavy atom. The maximum absolute atomic E-state index is 4.77. The molecule has 19 heavy (non-hydrogen) atoms. The first-order valence-electron chi connectivity index (χ1n) is 6.66. The largest absolute Gasteiger partial charge is 0.347 e. The van der Waals surface area contributed by atoms with E-state index < -0.39 is 0 Å². The van der Waals surface area contributed by atoms with Crippen LogP contribution < -0.4 is 10.2 Å². The molecule has 0 unspecified atom stereocenters. The Balaban J connectivity index is 2.08. The molecule has 2 aromatic rings. The molecule has 0 bridgehead atoms. The zero-order chi connectivity index (χ0) is 13.7. The van der Waals surface area contributed by atoms with Crippen LogP contribution in [0.4, 0.5) is 5.13 Å². The highest BCUT2D eigenvalue weighted by molar-refractivity contribution is 7.15. The number of nitrogens with zero attached hydrogens (tertiary/aromatic N) is 2. The van der Waals surface area contributed by atoms with Gasteiger partial charge in [-0.25, -0.2) is 4.98 Å². The van der Waals surface area contributed by atoms with Gasteiger partial charge >= 0.3 is 0 Å².